The summed E-state index contributed by atoms with van der Waals surface area (Å²) >= 11 is 0. The van der Waals surface area contributed by atoms with E-state index in [1.54, 1.807) is 0 Å². The number of hydrogen-bond donors (Lipinski definition) is 1. The fourth-order valence-corrected chi connectivity index (χ4v) is 3.04. The lowest BCUT2D eigenvalue weighted by Gasteiger charge is -2.17. The number of aromatic amines is 1. The Morgan fingerprint density at radius 1 is 1.11 bits per heavy atom. The van der Waals surface area contributed by atoms with E-state index < -0.39 is 11.2 Å². The highest BCUT2D eigenvalue weighted by atomic mass is 16.5. The van der Waals surface area contributed by atoms with E-state index in [4.69, 9.17) is 4.74 Å². The number of carbonyl (C=O) groups is 1. The number of carbonyl (C=O) groups excluding carboxylic acids is 1. The summed E-state index contributed by atoms with van der Waals surface area (Å²) in [6.45, 7) is 6.35. The first-order valence-corrected chi connectivity index (χ1v) is 8.92. The summed E-state index contributed by atoms with van der Waals surface area (Å²) in [6, 6.07) is 3.94. The normalized spacial score (nSPS) is 11.2. The third kappa shape index (κ3) is 4.05. The standard InChI is InChI=1S/C19H22N4O4/c1-11-9-14-15(10-12(11)2)23(7-5-4-6-8-27-13(3)24)17-16(20-14)18(25)22-19(26)21-17/h9-10H,4-8H2,1-3H3,(H,22,25,26). The molecule has 0 saturated carbocycles. The summed E-state index contributed by atoms with van der Waals surface area (Å²) in [5.41, 5.74) is 2.64. The first-order chi connectivity index (χ1) is 12.9. The molecule has 0 aromatic heterocycles. The van der Waals surface area contributed by atoms with Crippen molar-refractivity contribution in [3.05, 3.63) is 44.1 Å². The number of esters is 1. The molecule has 1 N–H and O–H groups in total. The van der Waals surface area contributed by atoms with Gasteiger partial charge in [0, 0.05) is 13.5 Å². The van der Waals surface area contributed by atoms with Gasteiger partial charge in [-0.25, -0.2) is 9.78 Å². The van der Waals surface area contributed by atoms with Crippen LogP contribution in [0.1, 0.15) is 37.3 Å². The van der Waals surface area contributed by atoms with Crippen molar-refractivity contribution >= 4 is 17.0 Å². The SMILES string of the molecule is CC(=O)OCCCCCn1c2nc(=O)[nH]c(=O)c-2nc2cc(C)c(C)cc21. The first-order valence-electron chi connectivity index (χ1n) is 8.92. The zero-order valence-electron chi connectivity index (χ0n) is 15.7. The van der Waals surface area contributed by atoms with Crippen LogP contribution in [-0.2, 0) is 16.1 Å². The maximum Gasteiger partial charge on any atom is 0.349 e. The minimum Gasteiger partial charge on any atom is -0.466 e. The molecule has 27 heavy (non-hydrogen) atoms. The van der Waals surface area contributed by atoms with Crippen molar-refractivity contribution in [3.8, 4) is 11.5 Å². The molecule has 0 spiro atoms. The highest BCUT2D eigenvalue weighted by Crippen LogP contribution is 2.24. The quantitative estimate of drug-likeness (QED) is 0.404. The van der Waals surface area contributed by atoms with Gasteiger partial charge in [-0.1, -0.05) is 0 Å². The summed E-state index contributed by atoms with van der Waals surface area (Å²) in [7, 11) is 0. The summed E-state index contributed by atoms with van der Waals surface area (Å²) in [6.07, 6.45) is 2.37. The fourth-order valence-electron chi connectivity index (χ4n) is 3.04. The van der Waals surface area contributed by atoms with Gasteiger partial charge in [-0.05, 0) is 56.4 Å². The number of nitrogens with one attached hydrogen (secondary N) is 1. The van der Waals surface area contributed by atoms with E-state index in [0.717, 1.165) is 35.9 Å². The zero-order chi connectivity index (χ0) is 19.6. The maximum absolute atomic E-state index is 12.2. The molecular formula is C19H22N4O4. The van der Waals surface area contributed by atoms with Crippen LogP contribution < -0.4 is 11.2 Å². The van der Waals surface area contributed by atoms with Crippen LogP contribution in [0.5, 0.6) is 0 Å². The molecule has 0 saturated heterocycles. The number of fused-ring (bicyclic) bond motifs is 2. The first kappa shape index (κ1) is 18.8. The number of benzene rings is 1. The molecule has 2 heterocycles. The van der Waals surface area contributed by atoms with Crippen molar-refractivity contribution in [2.75, 3.05) is 6.61 Å². The van der Waals surface area contributed by atoms with Crippen LogP contribution >= 0.6 is 0 Å². The van der Waals surface area contributed by atoms with E-state index in [9.17, 15) is 14.4 Å². The molecule has 2 aliphatic rings. The number of hydrogen-bond acceptors (Lipinski definition) is 6. The molecule has 0 radical (unpaired) electrons. The summed E-state index contributed by atoms with van der Waals surface area (Å²) in [5, 5.41) is 0. The van der Waals surface area contributed by atoms with Crippen LogP contribution in [-0.4, -0.2) is 32.1 Å². The van der Waals surface area contributed by atoms with Crippen molar-refractivity contribution in [2.24, 2.45) is 0 Å². The molecule has 0 amide bonds. The molecule has 2 aliphatic heterocycles. The van der Waals surface area contributed by atoms with E-state index in [-0.39, 0.29) is 11.7 Å². The fraction of sp³-hybridized carbons (Fsp3) is 0.421. The van der Waals surface area contributed by atoms with Gasteiger partial charge in [0.25, 0.3) is 5.56 Å². The summed E-state index contributed by atoms with van der Waals surface area (Å²) in [5.74, 6) is 0.00670. The molecule has 142 valence electrons. The molecular weight excluding hydrogens is 348 g/mol. The van der Waals surface area contributed by atoms with Crippen LogP contribution in [0, 0.1) is 13.8 Å². The molecule has 1 aromatic rings. The number of rotatable bonds is 6. The minimum atomic E-state index is -0.680. The number of aryl methyl sites for hydroxylation is 3. The van der Waals surface area contributed by atoms with Crippen molar-refractivity contribution in [2.45, 2.75) is 46.6 Å². The van der Waals surface area contributed by atoms with Crippen molar-refractivity contribution in [1.82, 2.24) is 19.5 Å². The molecule has 3 rings (SSSR count). The van der Waals surface area contributed by atoms with Crippen molar-refractivity contribution in [1.29, 1.82) is 0 Å². The maximum atomic E-state index is 12.2. The van der Waals surface area contributed by atoms with Gasteiger partial charge in [-0.2, -0.15) is 4.98 Å². The Balaban J connectivity index is 1.99. The van der Waals surface area contributed by atoms with E-state index in [0.29, 0.717) is 24.5 Å². The Kier molecular flexibility index (Phi) is 5.34. The van der Waals surface area contributed by atoms with Gasteiger partial charge in [0.15, 0.2) is 11.5 Å². The van der Waals surface area contributed by atoms with E-state index in [1.165, 1.54) is 6.92 Å². The lowest BCUT2D eigenvalue weighted by molar-refractivity contribution is -0.141. The third-order valence-electron chi connectivity index (χ3n) is 4.56. The van der Waals surface area contributed by atoms with Gasteiger partial charge in [-0.15, -0.1) is 0 Å². The Morgan fingerprint density at radius 2 is 1.85 bits per heavy atom. The minimum absolute atomic E-state index is 0.158. The molecule has 0 unspecified atom stereocenters. The van der Waals surface area contributed by atoms with Gasteiger partial charge < -0.3 is 9.30 Å². The molecule has 0 fully saturated rings. The lowest BCUT2D eigenvalue weighted by Crippen LogP contribution is -2.29. The van der Waals surface area contributed by atoms with Gasteiger partial charge in [0.2, 0.25) is 0 Å². The van der Waals surface area contributed by atoms with Crippen molar-refractivity contribution in [3.63, 3.8) is 0 Å². The Hall–Kier alpha value is -3.03. The third-order valence-corrected chi connectivity index (χ3v) is 4.56. The number of H-pyrrole nitrogens is 1. The van der Waals surface area contributed by atoms with Crippen LogP contribution in [0.25, 0.3) is 22.6 Å². The van der Waals surface area contributed by atoms with Crippen molar-refractivity contribution < 1.29 is 9.53 Å². The van der Waals surface area contributed by atoms with Gasteiger partial charge >= 0.3 is 11.7 Å². The van der Waals surface area contributed by atoms with Gasteiger partial charge in [0.1, 0.15) is 0 Å². The number of ether oxygens (including phenoxy) is 1. The number of unbranched alkanes of at least 4 members (excludes halogenated alkanes) is 2. The van der Waals surface area contributed by atoms with Gasteiger partial charge in [0.05, 0.1) is 17.6 Å². The predicted octanol–water partition coefficient (Wildman–Crippen LogP) is 1.93. The van der Waals surface area contributed by atoms with Crippen LogP contribution in [0.2, 0.25) is 0 Å². The molecule has 1 aromatic carbocycles. The second kappa shape index (κ2) is 7.69. The second-order valence-corrected chi connectivity index (χ2v) is 6.63. The topological polar surface area (TPSA) is 107 Å². The van der Waals surface area contributed by atoms with E-state index in [2.05, 4.69) is 15.0 Å². The monoisotopic (exact) mass is 370 g/mol. The van der Waals surface area contributed by atoms with Gasteiger partial charge in [-0.3, -0.25) is 14.6 Å². The summed E-state index contributed by atoms with van der Waals surface area (Å²) < 4.78 is 6.82. The average Bonchev–Trinajstić information content (AvgIpc) is 2.59. The van der Waals surface area contributed by atoms with Crippen LogP contribution in [0.4, 0.5) is 0 Å². The predicted molar refractivity (Wildman–Crippen MR) is 101 cm³/mol. The van der Waals surface area contributed by atoms with E-state index in [1.807, 2.05) is 30.5 Å². The molecule has 0 atom stereocenters. The highest BCUT2D eigenvalue weighted by molar-refractivity contribution is 5.81. The number of nitrogens with zero attached hydrogens (tertiary/aromatic N) is 3. The van der Waals surface area contributed by atoms with Crippen LogP contribution in [0.3, 0.4) is 0 Å². The molecule has 0 bridgehead atoms. The second-order valence-electron chi connectivity index (χ2n) is 6.63. The highest BCUT2D eigenvalue weighted by Gasteiger charge is 2.18. The average molecular weight is 370 g/mol. The zero-order valence-corrected chi connectivity index (χ0v) is 15.7. The molecule has 0 aliphatic carbocycles. The Labute approximate surface area is 155 Å². The molecule has 8 heteroatoms. The Bertz CT molecular complexity index is 1080. The smallest absolute Gasteiger partial charge is 0.349 e. The Morgan fingerprint density at radius 3 is 2.59 bits per heavy atom. The van der Waals surface area contributed by atoms with Crippen LogP contribution in [0.15, 0.2) is 21.7 Å². The number of aromatic nitrogens is 4. The molecule has 8 nitrogen and oxygen atoms in total. The largest absolute Gasteiger partial charge is 0.466 e. The summed E-state index contributed by atoms with van der Waals surface area (Å²) in [4.78, 5) is 45.4. The van der Waals surface area contributed by atoms with E-state index >= 15 is 0 Å². The lowest BCUT2D eigenvalue weighted by atomic mass is 10.1.